The van der Waals surface area contributed by atoms with Crippen LogP contribution in [0.3, 0.4) is 0 Å². The van der Waals surface area contributed by atoms with Crippen molar-refractivity contribution in [3.63, 3.8) is 0 Å². The van der Waals surface area contributed by atoms with Crippen LogP contribution in [0.4, 0.5) is 4.39 Å². The SMILES string of the molecule is CC(C)(C)c1ccc(OCC(=O)NC23CC(NC(=O)COc4ccc(Cl)c(F)c4)(C2)C3)cn1. The number of aromatic nitrogens is 1. The van der Waals surface area contributed by atoms with Gasteiger partial charge in [0.1, 0.15) is 17.3 Å². The van der Waals surface area contributed by atoms with Crippen molar-refractivity contribution in [2.75, 3.05) is 13.2 Å². The van der Waals surface area contributed by atoms with Gasteiger partial charge in [0.2, 0.25) is 0 Å². The summed E-state index contributed by atoms with van der Waals surface area (Å²) in [6, 6.07) is 7.72. The number of benzene rings is 1. The number of carbonyl (C=O) groups is 2. The maximum Gasteiger partial charge on any atom is 0.258 e. The van der Waals surface area contributed by atoms with Crippen LogP contribution in [-0.2, 0) is 15.0 Å². The third-order valence-corrected chi connectivity index (χ3v) is 6.28. The number of amides is 2. The number of rotatable bonds is 8. The number of ether oxygens (including phenoxy) is 2. The molecule has 5 rings (SSSR count). The quantitative estimate of drug-likeness (QED) is 0.609. The monoisotopic (exact) mass is 475 g/mol. The molecular weight excluding hydrogens is 449 g/mol. The standard InChI is InChI=1S/C24H27ClFN3O4/c1-22(2,3)19-7-5-16(9-27-19)33-11-21(31)29-24-12-23(13-24,14-24)28-20(30)10-32-15-4-6-17(25)18(26)8-15/h4-9H,10-14H2,1-3H3,(H,28,30)(H,29,31). The van der Waals surface area contributed by atoms with Gasteiger partial charge in [0.05, 0.1) is 11.2 Å². The Bertz CT molecular complexity index is 1050. The van der Waals surface area contributed by atoms with Gasteiger partial charge >= 0.3 is 0 Å². The molecule has 3 aliphatic rings. The van der Waals surface area contributed by atoms with Crippen molar-refractivity contribution in [1.82, 2.24) is 15.6 Å². The molecule has 176 valence electrons. The largest absolute Gasteiger partial charge is 0.484 e. The molecule has 0 spiro atoms. The molecule has 2 N–H and O–H groups in total. The second-order valence-corrected chi connectivity index (χ2v) is 10.4. The molecular formula is C24H27ClFN3O4. The highest BCUT2D eigenvalue weighted by molar-refractivity contribution is 6.30. The van der Waals surface area contributed by atoms with E-state index >= 15 is 0 Å². The van der Waals surface area contributed by atoms with E-state index in [1.807, 2.05) is 12.1 Å². The first-order valence-corrected chi connectivity index (χ1v) is 11.1. The summed E-state index contributed by atoms with van der Waals surface area (Å²) in [7, 11) is 0. The number of pyridine rings is 1. The minimum Gasteiger partial charge on any atom is -0.484 e. The van der Waals surface area contributed by atoms with Crippen LogP contribution >= 0.6 is 11.6 Å². The third kappa shape index (κ3) is 5.21. The molecule has 0 atom stereocenters. The van der Waals surface area contributed by atoms with E-state index in [0.29, 0.717) is 25.0 Å². The molecule has 9 heteroatoms. The maximum atomic E-state index is 13.4. The second kappa shape index (κ2) is 8.48. The summed E-state index contributed by atoms with van der Waals surface area (Å²) in [6.45, 7) is 5.92. The van der Waals surface area contributed by atoms with E-state index in [4.69, 9.17) is 21.1 Å². The Morgan fingerprint density at radius 3 is 2.03 bits per heavy atom. The molecule has 2 bridgehead atoms. The fourth-order valence-electron chi connectivity index (χ4n) is 4.49. The summed E-state index contributed by atoms with van der Waals surface area (Å²) in [6.07, 6.45) is 3.61. The van der Waals surface area contributed by atoms with E-state index in [1.165, 1.54) is 12.1 Å². The number of nitrogens with one attached hydrogen (secondary N) is 2. The number of hydrogen-bond donors (Lipinski definition) is 2. The zero-order valence-corrected chi connectivity index (χ0v) is 19.6. The number of halogens is 2. The van der Waals surface area contributed by atoms with Gasteiger partial charge in [0, 0.05) is 28.3 Å². The number of hydrogen-bond acceptors (Lipinski definition) is 5. The first kappa shape index (κ1) is 23.3. The van der Waals surface area contributed by atoms with Crippen molar-refractivity contribution in [2.45, 2.75) is 56.5 Å². The van der Waals surface area contributed by atoms with Crippen molar-refractivity contribution >= 4 is 23.4 Å². The van der Waals surface area contributed by atoms with Crippen LogP contribution < -0.4 is 20.1 Å². The molecule has 3 fully saturated rings. The Balaban J connectivity index is 1.16. The van der Waals surface area contributed by atoms with E-state index in [1.54, 1.807) is 6.20 Å². The smallest absolute Gasteiger partial charge is 0.258 e. The summed E-state index contributed by atoms with van der Waals surface area (Å²) in [5.74, 6) is -0.326. The lowest BCUT2D eigenvalue weighted by molar-refractivity contribution is -0.151. The van der Waals surface area contributed by atoms with Crippen molar-refractivity contribution in [3.05, 3.63) is 53.1 Å². The van der Waals surface area contributed by atoms with Gasteiger partial charge in [-0.25, -0.2) is 4.39 Å². The maximum absolute atomic E-state index is 13.4. The van der Waals surface area contributed by atoms with Crippen LogP contribution in [0.25, 0.3) is 0 Å². The third-order valence-electron chi connectivity index (χ3n) is 5.98. The topological polar surface area (TPSA) is 89.6 Å². The molecule has 2 amide bonds. The van der Waals surface area contributed by atoms with Gasteiger partial charge in [-0.05, 0) is 43.5 Å². The van der Waals surface area contributed by atoms with Crippen molar-refractivity contribution in [3.8, 4) is 11.5 Å². The molecule has 2 aromatic rings. The van der Waals surface area contributed by atoms with Crippen LogP contribution in [0.15, 0.2) is 36.5 Å². The number of carbonyl (C=O) groups excluding carboxylic acids is 2. The van der Waals surface area contributed by atoms with Crippen molar-refractivity contribution in [1.29, 1.82) is 0 Å². The Morgan fingerprint density at radius 2 is 1.55 bits per heavy atom. The average Bonchev–Trinajstić information content (AvgIpc) is 2.70. The normalized spacial score (nSPS) is 23.1. The summed E-state index contributed by atoms with van der Waals surface area (Å²) < 4.78 is 24.3. The van der Waals surface area contributed by atoms with Gasteiger partial charge in [-0.3, -0.25) is 14.6 Å². The predicted molar refractivity (Wildman–Crippen MR) is 121 cm³/mol. The minimum atomic E-state index is -0.603. The Labute approximate surface area is 197 Å². The molecule has 7 nitrogen and oxygen atoms in total. The van der Waals surface area contributed by atoms with Gasteiger partial charge in [-0.2, -0.15) is 0 Å². The van der Waals surface area contributed by atoms with Crippen molar-refractivity contribution < 1.29 is 23.5 Å². The highest BCUT2D eigenvalue weighted by atomic mass is 35.5. The highest BCUT2D eigenvalue weighted by Crippen LogP contribution is 2.60. The predicted octanol–water partition coefficient (Wildman–Crippen LogP) is 3.54. The zero-order chi connectivity index (χ0) is 23.9. The molecule has 3 saturated carbocycles. The average molecular weight is 476 g/mol. The zero-order valence-electron chi connectivity index (χ0n) is 18.8. The lowest BCUT2D eigenvalue weighted by Crippen LogP contribution is -2.84. The fraction of sp³-hybridized carbons (Fsp3) is 0.458. The second-order valence-electron chi connectivity index (χ2n) is 9.97. The lowest BCUT2D eigenvalue weighted by atomic mass is 9.44. The van der Waals surface area contributed by atoms with E-state index in [9.17, 15) is 14.0 Å². The molecule has 3 aliphatic carbocycles. The van der Waals surface area contributed by atoms with Crippen LogP contribution in [0, 0.1) is 5.82 Å². The van der Waals surface area contributed by atoms with Gasteiger partial charge < -0.3 is 20.1 Å². The van der Waals surface area contributed by atoms with Crippen molar-refractivity contribution in [2.24, 2.45) is 0 Å². The van der Waals surface area contributed by atoms with E-state index in [-0.39, 0.29) is 52.3 Å². The summed E-state index contributed by atoms with van der Waals surface area (Å²) in [4.78, 5) is 28.9. The van der Waals surface area contributed by atoms with E-state index < -0.39 is 5.82 Å². The van der Waals surface area contributed by atoms with Gasteiger partial charge in [-0.15, -0.1) is 0 Å². The summed E-state index contributed by atoms with van der Waals surface area (Å²) in [5.41, 5.74) is 0.298. The minimum absolute atomic E-state index is 0.00600. The van der Waals surface area contributed by atoms with Crippen LogP contribution in [-0.4, -0.2) is 41.1 Å². The Kier molecular flexibility index (Phi) is 5.99. The molecule has 0 aliphatic heterocycles. The molecule has 1 aromatic heterocycles. The highest BCUT2D eigenvalue weighted by Gasteiger charge is 2.69. The first-order chi connectivity index (χ1) is 15.5. The molecule has 33 heavy (non-hydrogen) atoms. The molecule has 1 aromatic carbocycles. The van der Waals surface area contributed by atoms with Gasteiger partial charge in [0.15, 0.2) is 13.2 Å². The first-order valence-electron chi connectivity index (χ1n) is 10.8. The summed E-state index contributed by atoms with van der Waals surface area (Å²) >= 11 is 5.63. The van der Waals surface area contributed by atoms with Gasteiger partial charge in [0.25, 0.3) is 11.8 Å². The van der Waals surface area contributed by atoms with E-state index in [2.05, 4.69) is 36.4 Å². The van der Waals surface area contributed by atoms with Crippen LogP contribution in [0.1, 0.15) is 45.7 Å². The molecule has 0 unspecified atom stereocenters. The van der Waals surface area contributed by atoms with Crippen LogP contribution in [0.5, 0.6) is 11.5 Å². The molecule has 0 radical (unpaired) electrons. The van der Waals surface area contributed by atoms with Gasteiger partial charge in [-0.1, -0.05) is 32.4 Å². The van der Waals surface area contributed by atoms with Crippen LogP contribution in [0.2, 0.25) is 5.02 Å². The molecule has 1 heterocycles. The molecule has 0 saturated heterocycles. The fourth-order valence-corrected chi connectivity index (χ4v) is 4.61. The van der Waals surface area contributed by atoms with E-state index in [0.717, 1.165) is 11.8 Å². The Morgan fingerprint density at radius 1 is 1.00 bits per heavy atom. The lowest BCUT2D eigenvalue weighted by Gasteiger charge is -2.70. The Hall–Kier alpha value is -2.87. The summed E-state index contributed by atoms with van der Waals surface area (Å²) in [5, 5.41) is 5.96. The number of nitrogens with zero attached hydrogens (tertiary/aromatic N) is 1.